The van der Waals surface area contributed by atoms with Gasteiger partial charge in [-0.15, -0.1) is 0 Å². The standard InChI is InChI=1S/C18H17NO5/c1-9-5-3-4-6-10(9)8-23-11-7-12(20)24-18(2)14(11)13-15(18)17(22)19-16(13)21/h3-7,13-15H,8H2,1-2H3,(H,19,21,22)/t13-,14+,15+,18+/m1/s1. The molecule has 0 unspecified atom stereocenters. The van der Waals surface area contributed by atoms with Gasteiger partial charge in [0, 0.05) is 0 Å². The van der Waals surface area contributed by atoms with E-state index in [1.807, 2.05) is 31.2 Å². The largest absolute Gasteiger partial charge is 0.492 e. The molecule has 1 saturated carbocycles. The van der Waals surface area contributed by atoms with E-state index < -0.39 is 29.3 Å². The first-order valence-corrected chi connectivity index (χ1v) is 7.88. The van der Waals surface area contributed by atoms with Crippen LogP contribution in [0.4, 0.5) is 0 Å². The zero-order valence-electron chi connectivity index (χ0n) is 13.4. The first kappa shape index (κ1) is 14.9. The van der Waals surface area contributed by atoms with Crippen LogP contribution in [0.5, 0.6) is 0 Å². The van der Waals surface area contributed by atoms with Crippen LogP contribution in [0, 0.1) is 24.7 Å². The summed E-state index contributed by atoms with van der Waals surface area (Å²) in [5, 5.41) is 2.33. The lowest BCUT2D eigenvalue weighted by Crippen LogP contribution is -2.66. The highest BCUT2D eigenvalue weighted by molar-refractivity contribution is 6.08. The Kier molecular flexibility index (Phi) is 3.07. The molecule has 2 aliphatic heterocycles. The summed E-state index contributed by atoms with van der Waals surface area (Å²) in [6, 6.07) is 7.79. The van der Waals surface area contributed by atoms with Crippen LogP contribution in [0.15, 0.2) is 36.1 Å². The number of hydrogen-bond acceptors (Lipinski definition) is 5. The quantitative estimate of drug-likeness (QED) is 0.667. The van der Waals surface area contributed by atoms with E-state index in [9.17, 15) is 14.4 Å². The maximum absolute atomic E-state index is 12.0. The predicted octanol–water partition coefficient (Wildman–Crippen LogP) is 1.23. The Morgan fingerprint density at radius 2 is 1.92 bits per heavy atom. The number of aryl methyl sites for hydroxylation is 1. The third kappa shape index (κ3) is 1.92. The monoisotopic (exact) mass is 327 g/mol. The van der Waals surface area contributed by atoms with Gasteiger partial charge in [-0.1, -0.05) is 24.3 Å². The number of hydrogen-bond donors (Lipinski definition) is 1. The van der Waals surface area contributed by atoms with E-state index in [4.69, 9.17) is 9.47 Å². The maximum atomic E-state index is 12.0. The summed E-state index contributed by atoms with van der Waals surface area (Å²) in [6.07, 6.45) is 1.29. The lowest BCUT2D eigenvalue weighted by molar-refractivity contribution is -0.212. The number of esters is 1. The van der Waals surface area contributed by atoms with Gasteiger partial charge >= 0.3 is 5.97 Å². The van der Waals surface area contributed by atoms with Gasteiger partial charge in [-0.25, -0.2) is 4.79 Å². The molecule has 2 fully saturated rings. The lowest BCUT2D eigenvalue weighted by atomic mass is 9.53. The molecule has 1 N–H and O–H groups in total. The molecule has 1 aromatic rings. The summed E-state index contributed by atoms with van der Waals surface area (Å²) in [5.74, 6) is -2.41. The van der Waals surface area contributed by atoms with Crippen molar-refractivity contribution in [1.82, 2.24) is 5.32 Å². The molecule has 4 atom stereocenters. The van der Waals surface area contributed by atoms with Crippen LogP contribution >= 0.6 is 0 Å². The van der Waals surface area contributed by atoms with E-state index in [1.54, 1.807) is 6.92 Å². The molecule has 0 radical (unpaired) electrons. The Bertz CT molecular complexity index is 798. The Hall–Kier alpha value is -2.63. The van der Waals surface area contributed by atoms with Crippen LogP contribution < -0.4 is 5.32 Å². The average Bonchev–Trinajstić information content (AvgIpc) is 2.76. The van der Waals surface area contributed by atoms with E-state index in [0.29, 0.717) is 12.4 Å². The van der Waals surface area contributed by atoms with Gasteiger partial charge in [0.2, 0.25) is 11.8 Å². The van der Waals surface area contributed by atoms with Crippen LogP contribution in [0.2, 0.25) is 0 Å². The van der Waals surface area contributed by atoms with E-state index >= 15 is 0 Å². The molecule has 2 heterocycles. The molecule has 1 aromatic carbocycles. The Morgan fingerprint density at radius 3 is 2.67 bits per heavy atom. The minimum absolute atomic E-state index is 0.297. The summed E-state index contributed by atoms with van der Waals surface area (Å²) in [4.78, 5) is 35.9. The molecule has 6 heteroatoms. The summed E-state index contributed by atoms with van der Waals surface area (Å²) < 4.78 is 11.3. The van der Waals surface area contributed by atoms with E-state index in [-0.39, 0.29) is 11.8 Å². The highest BCUT2D eigenvalue weighted by Crippen LogP contribution is 2.58. The molecule has 0 aromatic heterocycles. The van der Waals surface area contributed by atoms with Crippen molar-refractivity contribution in [2.45, 2.75) is 26.1 Å². The zero-order valence-corrected chi connectivity index (χ0v) is 13.4. The van der Waals surface area contributed by atoms with E-state index in [2.05, 4.69) is 5.32 Å². The van der Waals surface area contributed by atoms with Gasteiger partial charge in [0.1, 0.15) is 18.0 Å². The number of carbonyl (C=O) groups excluding carboxylic acids is 3. The lowest BCUT2D eigenvalue weighted by Gasteiger charge is -2.54. The Balaban J connectivity index is 1.61. The summed E-state index contributed by atoms with van der Waals surface area (Å²) >= 11 is 0. The highest BCUT2D eigenvalue weighted by atomic mass is 16.6. The first-order valence-electron chi connectivity index (χ1n) is 7.88. The fourth-order valence-electron chi connectivity index (χ4n) is 4.09. The predicted molar refractivity (Wildman–Crippen MR) is 82.2 cm³/mol. The molecular formula is C18H17NO5. The molecule has 1 saturated heterocycles. The maximum Gasteiger partial charge on any atom is 0.334 e. The van der Waals surface area contributed by atoms with Crippen LogP contribution in [-0.4, -0.2) is 23.4 Å². The Morgan fingerprint density at radius 1 is 1.17 bits per heavy atom. The number of benzene rings is 1. The SMILES string of the molecule is Cc1ccccc1COC1=CC(=O)O[C@]2(C)[C@@H]3C(=O)NC(=O)[C@@H]3[C@H]12. The first-order chi connectivity index (χ1) is 11.4. The van der Waals surface area contributed by atoms with Crippen molar-refractivity contribution in [3.05, 3.63) is 47.2 Å². The van der Waals surface area contributed by atoms with Crippen molar-refractivity contribution >= 4 is 17.8 Å². The third-order valence-corrected chi connectivity index (χ3v) is 5.33. The molecule has 4 rings (SSSR count). The van der Waals surface area contributed by atoms with Gasteiger partial charge in [-0.3, -0.25) is 14.9 Å². The van der Waals surface area contributed by atoms with Crippen molar-refractivity contribution < 1.29 is 23.9 Å². The van der Waals surface area contributed by atoms with Gasteiger partial charge in [-0.2, -0.15) is 0 Å². The number of imide groups is 1. The fourth-order valence-corrected chi connectivity index (χ4v) is 4.09. The third-order valence-electron chi connectivity index (χ3n) is 5.33. The molecule has 0 bridgehead atoms. The van der Waals surface area contributed by atoms with Gasteiger partial charge in [0.15, 0.2) is 0 Å². The number of fused-ring (bicyclic) bond motifs is 4. The summed E-state index contributed by atoms with van der Waals surface area (Å²) in [7, 11) is 0. The molecule has 24 heavy (non-hydrogen) atoms. The van der Waals surface area contributed by atoms with Crippen molar-refractivity contribution in [3.63, 3.8) is 0 Å². The number of rotatable bonds is 3. The summed E-state index contributed by atoms with van der Waals surface area (Å²) in [5.41, 5.74) is 1.06. The highest BCUT2D eigenvalue weighted by Gasteiger charge is 2.73. The number of nitrogens with one attached hydrogen (secondary N) is 1. The molecular weight excluding hydrogens is 310 g/mol. The molecule has 0 spiro atoms. The fraction of sp³-hybridized carbons (Fsp3) is 0.389. The average molecular weight is 327 g/mol. The number of ether oxygens (including phenoxy) is 2. The zero-order chi connectivity index (χ0) is 17.1. The molecule has 3 aliphatic rings. The normalized spacial score (nSPS) is 33.7. The topological polar surface area (TPSA) is 81.7 Å². The Labute approximate surface area is 138 Å². The van der Waals surface area contributed by atoms with Crippen molar-refractivity contribution in [2.75, 3.05) is 0 Å². The van der Waals surface area contributed by atoms with Gasteiger partial charge in [-0.05, 0) is 25.0 Å². The van der Waals surface area contributed by atoms with E-state index in [0.717, 1.165) is 11.1 Å². The summed E-state index contributed by atoms with van der Waals surface area (Å²) in [6.45, 7) is 3.97. The van der Waals surface area contributed by atoms with Crippen LogP contribution in [-0.2, 0) is 30.5 Å². The van der Waals surface area contributed by atoms with Crippen LogP contribution in [0.25, 0.3) is 0 Å². The molecule has 2 amide bonds. The second-order valence-corrected chi connectivity index (χ2v) is 6.70. The van der Waals surface area contributed by atoms with Gasteiger partial charge in [0.25, 0.3) is 0 Å². The minimum Gasteiger partial charge on any atom is -0.492 e. The molecule has 124 valence electrons. The second kappa shape index (κ2) is 4.93. The van der Waals surface area contributed by atoms with Gasteiger partial charge < -0.3 is 9.47 Å². The van der Waals surface area contributed by atoms with Crippen molar-refractivity contribution in [3.8, 4) is 0 Å². The molecule has 1 aliphatic carbocycles. The van der Waals surface area contributed by atoms with Crippen molar-refractivity contribution in [2.24, 2.45) is 17.8 Å². The van der Waals surface area contributed by atoms with Crippen LogP contribution in [0.3, 0.4) is 0 Å². The minimum atomic E-state index is -1.02. The van der Waals surface area contributed by atoms with E-state index in [1.165, 1.54) is 6.08 Å². The van der Waals surface area contributed by atoms with Crippen molar-refractivity contribution in [1.29, 1.82) is 0 Å². The number of amides is 2. The second-order valence-electron chi connectivity index (χ2n) is 6.70. The van der Waals surface area contributed by atoms with Gasteiger partial charge in [0.05, 0.1) is 23.8 Å². The number of carbonyl (C=O) groups is 3. The molecule has 6 nitrogen and oxygen atoms in total. The smallest absolute Gasteiger partial charge is 0.334 e. The van der Waals surface area contributed by atoms with Crippen LogP contribution in [0.1, 0.15) is 18.1 Å².